The van der Waals surface area contributed by atoms with Crippen molar-refractivity contribution in [2.75, 3.05) is 18.0 Å². The highest BCUT2D eigenvalue weighted by Crippen LogP contribution is 2.19. The molecule has 1 aromatic rings. The summed E-state index contributed by atoms with van der Waals surface area (Å²) >= 11 is 5.80. The van der Waals surface area contributed by atoms with Crippen molar-refractivity contribution in [2.45, 2.75) is 27.2 Å². The van der Waals surface area contributed by atoms with Gasteiger partial charge in [0.2, 0.25) is 0 Å². The average molecular weight is 313 g/mol. The SMILES string of the molecule is CC(C)(C)CCNC(=O)N(CC(=O)O)c1ccc(Cl)cc1. The van der Waals surface area contributed by atoms with Crippen LogP contribution in [0.1, 0.15) is 27.2 Å². The molecule has 116 valence electrons. The molecule has 0 radical (unpaired) electrons. The van der Waals surface area contributed by atoms with E-state index in [1.165, 1.54) is 4.90 Å². The summed E-state index contributed by atoms with van der Waals surface area (Å²) in [7, 11) is 0. The minimum absolute atomic E-state index is 0.102. The fourth-order valence-electron chi connectivity index (χ4n) is 1.68. The highest BCUT2D eigenvalue weighted by Gasteiger charge is 2.19. The first-order valence-electron chi connectivity index (χ1n) is 6.72. The van der Waals surface area contributed by atoms with Crippen molar-refractivity contribution < 1.29 is 14.7 Å². The average Bonchev–Trinajstić information content (AvgIpc) is 2.35. The van der Waals surface area contributed by atoms with E-state index >= 15 is 0 Å². The Morgan fingerprint density at radius 2 is 1.81 bits per heavy atom. The number of hydrogen-bond donors (Lipinski definition) is 2. The zero-order valence-corrected chi connectivity index (χ0v) is 13.3. The molecule has 0 aromatic heterocycles. The van der Waals surface area contributed by atoms with Crippen LogP contribution in [-0.2, 0) is 4.79 Å². The van der Waals surface area contributed by atoms with Crippen LogP contribution in [0.4, 0.5) is 10.5 Å². The van der Waals surface area contributed by atoms with Gasteiger partial charge in [-0.2, -0.15) is 0 Å². The number of carbonyl (C=O) groups is 2. The van der Waals surface area contributed by atoms with Crippen molar-refractivity contribution in [3.63, 3.8) is 0 Å². The largest absolute Gasteiger partial charge is 0.480 e. The molecule has 1 rings (SSSR count). The lowest BCUT2D eigenvalue weighted by atomic mass is 9.92. The predicted octanol–water partition coefficient (Wildman–Crippen LogP) is 3.38. The Morgan fingerprint density at radius 1 is 1.24 bits per heavy atom. The summed E-state index contributed by atoms with van der Waals surface area (Å²) in [6.07, 6.45) is 0.806. The number of anilines is 1. The van der Waals surface area contributed by atoms with Crippen LogP contribution in [0.2, 0.25) is 5.02 Å². The van der Waals surface area contributed by atoms with Crippen LogP contribution in [0.5, 0.6) is 0 Å². The number of carbonyl (C=O) groups excluding carboxylic acids is 1. The maximum atomic E-state index is 12.2. The van der Waals surface area contributed by atoms with Gasteiger partial charge in [0, 0.05) is 17.3 Å². The number of halogens is 1. The monoisotopic (exact) mass is 312 g/mol. The third kappa shape index (κ3) is 6.49. The van der Waals surface area contributed by atoms with E-state index in [0.29, 0.717) is 17.3 Å². The molecule has 2 amide bonds. The lowest BCUT2D eigenvalue weighted by Gasteiger charge is -2.23. The molecule has 1 aromatic carbocycles. The van der Waals surface area contributed by atoms with Gasteiger partial charge in [-0.05, 0) is 36.1 Å². The summed E-state index contributed by atoms with van der Waals surface area (Å²) in [5.41, 5.74) is 0.598. The summed E-state index contributed by atoms with van der Waals surface area (Å²) in [6.45, 7) is 6.32. The molecule has 0 heterocycles. The van der Waals surface area contributed by atoms with E-state index in [-0.39, 0.29) is 5.41 Å². The summed E-state index contributed by atoms with van der Waals surface area (Å²) in [6, 6.07) is 6.05. The smallest absolute Gasteiger partial charge is 0.323 e. The lowest BCUT2D eigenvalue weighted by molar-refractivity contribution is -0.135. The Labute approximate surface area is 129 Å². The summed E-state index contributed by atoms with van der Waals surface area (Å²) in [5, 5.41) is 12.2. The highest BCUT2D eigenvalue weighted by molar-refractivity contribution is 6.30. The van der Waals surface area contributed by atoms with Gasteiger partial charge in [0.1, 0.15) is 6.54 Å². The molecule has 0 saturated heterocycles. The van der Waals surface area contributed by atoms with Gasteiger partial charge in [-0.15, -0.1) is 0 Å². The molecule has 0 spiro atoms. The predicted molar refractivity (Wildman–Crippen MR) is 83.9 cm³/mol. The van der Waals surface area contributed by atoms with Crippen LogP contribution in [0.25, 0.3) is 0 Å². The summed E-state index contributed by atoms with van der Waals surface area (Å²) in [5.74, 6) is -1.07. The highest BCUT2D eigenvalue weighted by atomic mass is 35.5. The molecule has 2 N–H and O–H groups in total. The Morgan fingerprint density at radius 3 is 2.29 bits per heavy atom. The number of benzene rings is 1. The Hall–Kier alpha value is -1.75. The van der Waals surface area contributed by atoms with Gasteiger partial charge >= 0.3 is 12.0 Å². The molecule has 0 aliphatic rings. The number of amides is 2. The molecule has 0 aliphatic carbocycles. The fraction of sp³-hybridized carbons (Fsp3) is 0.467. The molecule has 0 saturated carbocycles. The second-order valence-corrected chi connectivity index (χ2v) is 6.44. The van der Waals surface area contributed by atoms with E-state index < -0.39 is 18.5 Å². The van der Waals surface area contributed by atoms with Crippen LogP contribution in [0.15, 0.2) is 24.3 Å². The van der Waals surface area contributed by atoms with E-state index in [4.69, 9.17) is 16.7 Å². The van der Waals surface area contributed by atoms with E-state index in [1.54, 1.807) is 24.3 Å². The number of carboxylic acids is 1. The Bertz CT molecular complexity index is 495. The second kappa shape index (κ2) is 7.31. The van der Waals surface area contributed by atoms with Gasteiger partial charge in [-0.1, -0.05) is 32.4 Å². The first-order valence-corrected chi connectivity index (χ1v) is 7.09. The molecule has 6 heteroatoms. The number of aliphatic carboxylic acids is 1. The molecule has 0 aliphatic heterocycles. The molecule has 21 heavy (non-hydrogen) atoms. The number of nitrogens with zero attached hydrogens (tertiary/aromatic N) is 1. The molecule has 0 bridgehead atoms. The third-order valence-electron chi connectivity index (χ3n) is 2.83. The number of nitrogens with one attached hydrogen (secondary N) is 1. The maximum absolute atomic E-state index is 12.2. The normalized spacial score (nSPS) is 11.0. The van der Waals surface area contributed by atoms with Crippen molar-refractivity contribution in [1.29, 1.82) is 0 Å². The van der Waals surface area contributed by atoms with Crippen LogP contribution >= 0.6 is 11.6 Å². The Balaban J connectivity index is 2.75. The van der Waals surface area contributed by atoms with E-state index in [2.05, 4.69) is 26.1 Å². The number of hydrogen-bond acceptors (Lipinski definition) is 2. The van der Waals surface area contributed by atoms with Crippen molar-refractivity contribution in [1.82, 2.24) is 5.32 Å². The minimum atomic E-state index is -1.07. The first kappa shape index (κ1) is 17.3. The van der Waals surface area contributed by atoms with Crippen LogP contribution in [0, 0.1) is 5.41 Å². The fourth-order valence-corrected chi connectivity index (χ4v) is 1.80. The molecule has 0 fully saturated rings. The van der Waals surface area contributed by atoms with Crippen molar-refractivity contribution in [3.05, 3.63) is 29.3 Å². The van der Waals surface area contributed by atoms with Gasteiger partial charge in [-0.25, -0.2) is 4.79 Å². The molecule has 5 nitrogen and oxygen atoms in total. The molecular weight excluding hydrogens is 292 g/mol. The van der Waals surface area contributed by atoms with Gasteiger partial charge in [0.15, 0.2) is 0 Å². The zero-order valence-electron chi connectivity index (χ0n) is 12.5. The van der Waals surface area contributed by atoms with Gasteiger partial charge in [0.25, 0.3) is 0 Å². The number of rotatable bonds is 5. The van der Waals surface area contributed by atoms with Gasteiger partial charge in [0.05, 0.1) is 0 Å². The van der Waals surface area contributed by atoms with Crippen LogP contribution in [0.3, 0.4) is 0 Å². The standard InChI is InChI=1S/C15H21ClN2O3/c1-15(2,3)8-9-17-14(21)18(10-13(19)20)12-6-4-11(16)5-7-12/h4-7H,8-10H2,1-3H3,(H,17,21)(H,19,20). The number of carboxylic acid groups (broad SMARTS) is 1. The lowest BCUT2D eigenvalue weighted by Crippen LogP contribution is -2.43. The summed E-state index contributed by atoms with van der Waals surface area (Å²) < 4.78 is 0. The minimum Gasteiger partial charge on any atom is -0.480 e. The number of urea groups is 1. The first-order chi connectivity index (χ1) is 9.69. The van der Waals surface area contributed by atoms with E-state index in [1.807, 2.05) is 0 Å². The van der Waals surface area contributed by atoms with Gasteiger partial charge in [-0.3, -0.25) is 9.69 Å². The van der Waals surface area contributed by atoms with Gasteiger partial charge < -0.3 is 10.4 Å². The second-order valence-electron chi connectivity index (χ2n) is 6.00. The third-order valence-corrected chi connectivity index (χ3v) is 3.08. The van der Waals surface area contributed by atoms with Crippen molar-refractivity contribution in [3.8, 4) is 0 Å². The molecule has 0 unspecified atom stereocenters. The topological polar surface area (TPSA) is 69.6 Å². The Kier molecular flexibility index (Phi) is 6.03. The molecule has 0 atom stereocenters. The van der Waals surface area contributed by atoms with Crippen LogP contribution in [-0.4, -0.2) is 30.2 Å². The van der Waals surface area contributed by atoms with Crippen LogP contribution < -0.4 is 10.2 Å². The zero-order chi connectivity index (χ0) is 16.0. The maximum Gasteiger partial charge on any atom is 0.323 e. The van der Waals surface area contributed by atoms with Crippen molar-refractivity contribution >= 4 is 29.3 Å². The van der Waals surface area contributed by atoms with Crippen molar-refractivity contribution in [2.24, 2.45) is 5.41 Å². The summed E-state index contributed by atoms with van der Waals surface area (Å²) in [4.78, 5) is 24.3. The van der Waals surface area contributed by atoms with E-state index in [9.17, 15) is 9.59 Å². The van der Waals surface area contributed by atoms with E-state index in [0.717, 1.165) is 6.42 Å². The quantitative estimate of drug-likeness (QED) is 0.875. The molecular formula is C15H21ClN2O3.